The van der Waals surface area contributed by atoms with E-state index in [-0.39, 0.29) is 5.78 Å². The van der Waals surface area contributed by atoms with Gasteiger partial charge >= 0.3 is 0 Å². The minimum atomic E-state index is 0.104. The second kappa shape index (κ2) is 6.25. The second-order valence-corrected chi connectivity index (χ2v) is 5.65. The standard InChI is InChI=1S/C14H19NO2S/c1-10(16)12-3-4-14(17-2)13(5-12)9-18-8-11-6-15-7-11/h3-5,11,15H,6-9H2,1-2H3. The first-order valence-electron chi connectivity index (χ1n) is 6.17. The van der Waals surface area contributed by atoms with Gasteiger partial charge in [-0.2, -0.15) is 11.8 Å². The first-order valence-corrected chi connectivity index (χ1v) is 7.32. The largest absolute Gasteiger partial charge is 0.496 e. The fraction of sp³-hybridized carbons (Fsp3) is 0.500. The SMILES string of the molecule is COc1ccc(C(C)=O)cc1CSCC1CNC1. The van der Waals surface area contributed by atoms with Crippen molar-refractivity contribution in [3.63, 3.8) is 0 Å². The number of carbonyl (C=O) groups excluding carboxylic acids is 1. The summed E-state index contributed by atoms with van der Waals surface area (Å²) >= 11 is 1.91. The maximum atomic E-state index is 11.4. The third-order valence-corrected chi connectivity index (χ3v) is 4.39. The summed E-state index contributed by atoms with van der Waals surface area (Å²) in [6.45, 7) is 3.87. The van der Waals surface area contributed by atoms with Crippen LogP contribution >= 0.6 is 11.8 Å². The molecule has 1 aliphatic heterocycles. The Kier molecular flexibility index (Phi) is 4.66. The van der Waals surface area contributed by atoms with Crippen LogP contribution in [0.5, 0.6) is 5.75 Å². The fourth-order valence-electron chi connectivity index (χ4n) is 1.91. The van der Waals surface area contributed by atoms with Gasteiger partial charge in [0.1, 0.15) is 5.75 Å². The number of hydrogen-bond donors (Lipinski definition) is 1. The molecular weight excluding hydrogens is 246 g/mol. The van der Waals surface area contributed by atoms with Gasteiger partial charge in [-0.05, 0) is 49.9 Å². The zero-order chi connectivity index (χ0) is 13.0. The topological polar surface area (TPSA) is 38.3 Å². The predicted octanol–water partition coefficient (Wildman–Crippen LogP) is 2.35. The van der Waals surface area contributed by atoms with Crippen molar-refractivity contribution in [1.82, 2.24) is 5.32 Å². The van der Waals surface area contributed by atoms with Crippen molar-refractivity contribution in [1.29, 1.82) is 0 Å². The average Bonchev–Trinajstić information content (AvgIpc) is 2.32. The van der Waals surface area contributed by atoms with Crippen LogP contribution in [0.2, 0.25) is 0 Å². The highest BCUT2D eigenvalue weighted by Crippen LogP contribution is 2.26. The number of thioether (sulfide) groups is 1. The quantitative estimate of drug-likeness (QED) is 0.801. The number of ketones is 1. The van der Waals surface area contributed by atoms with E-state index >= 15 is 0 Å². The van der Waals surface area contributed by atoms with Crippen LogP contribution in [-0.2, 0) is 5.75 Å². The van der Waals surface area contributed by atoms with E-state index in [1.165, 1.54) is 5.75 Å². The van der Waals surface area contributed by atoms with Crippen molar-refractivity contribution < 1.29 is 9.53 Å². The van der Waals surface area contributed by atoms with Crippen LogP contribution in [-0.4, -0.2) is 31.7 Å². The molecule has 4 heteroatoms. The van der Waals surface area contributed by atoms with E-state index in [0.29, 0.717) is 0 Å². The molecular formula is C14H19NO2S. The van der Waals surface area contributed by atoms with Gasteiger partial charge in [0.25, 0.3) is 0 Å². The Morgan fingerprint density at radius 1 is 1.50 bits per heavy atom. The molecule has 0 saturated carbocycles. The lowest BCUT2D eigenvalue weighted by atomic mass is 10.1. The minimum Gasteiger partial charge on any atom is -0.496 e. The van der Waals surface area contributed by atoms with E-state index in [9.17, 15) is 4.79 Å². The highest BCUT2D eigenvalue weighted by atomic mass is 32.2. The van der Waals surface area contributed by atoms with E-state index in [1.807, 2.05) is 30.0 Å². The van der Waals surface area contributed by atoms with Gasteiger partial charge in [-0.1, -0.05) is 0 Å². The molecule has 2 rings (SSSR count). The van der Waals surface area contributed by atoms with Crippen molar-refractivity contribution >= 4 is 17.5 Å². The highest BCUT2D eigenvalue weighted by molar-refractivity contribution is 7.98. The molecule has 3 nitrogen and oxygen atoms in total. The molecule has 1 aliphatic rings. The van der Waals surface area contributed by atoms with Crippen LogP contribution in [0.1, 0.15) is 22.8 Å². The van der Waals surface area contributed by atoms with Crippen LogP contribution < -0.4 is 10.1 Å². The van der Waals surface area contributed by atoms with Crippen LogP contribution in [0, 0.1) is 5.92 Å². The van der Waals surface area contributed by atoms with Gasteiger partial charge in [0.2, 0.25) is 0 Å². The van der Waals surface area contributed by atoms with Gasteiger partial charge in [-0.25, -0.2) is 0 Å². The average molecular weight is 265 g/mol. The van der Waals surface area contributed by atoms with Crippen molar-refractivity contribution in [2.24, 2.45) is 5.92 Å². The predicted molar refractivity (Wildman–Crippen MR) is 75.5 cm³/mol. The molecule has 0 atom stereocenters. The Morgan fingerprint density at radius 2 is 2.28 bits per heavy atom. The summed E-state index contributed by atoms with van der Waals surface area (Å²) in [4.78, 5) is 11.4. The lowest BCUT2D eigenvalue weighted by molar-refractivity contribution is 0.101. The second-order valence-electron chi connectivity index (χ2n) is 4.62. The molecule has 18 heavy (non-hydrogen) atoms. The Hall–Kier alpha value is -1.00. The number of carbonyl (C=O) groups is 1. The van der Waals surface area contributed by atoms with E-state index in [2.05, 4.69) is 5.32 Å². The summed E-state index contributed by atoms with van der Waals surface area (Å²) in [5.41, 5.74) is 1.87. The first-order chi connectivity index (χ1) is 8.70. The van der Waals surface area contributed by atoms with Crippen molar-refractivity contribution in [2.75, 3.05) is 26.0 Å². The Balaban J connectivity index is 1.98. The lowest BCUT2D eigenvalue weighted by Gasteiger charge is -2.26. The molecule has 0 bridgehead atoms. The molecule has 0 radical (unpaired) electrons. The molecule has 1 fully saturated rings. The summed E-state index contributed by atoms with van der Waals surface area (Å²) in [6, 6.07) is 5.66. The molecule has 1 saturated heterocycles. The normalized spacial score (nSPS) is 15.2. The van der Waals surface area contributed by atoms with Gasteiger partial charge in [-0.3, -0.25) is 4.79 Å². The Bertz CT molecular complexity index is 430. The number of Topliss-reactive ketones (excluding diaryl/α,β-unsaturated/α-hetero) is 1. The van der Waals surface area contributed by atoms with Gasteiger partial charge in [0, 0.05) is 16.9 Å². The third-order valence-electron chi connectivity index (χ3n) is 3.16. The number of hydrogen-bond acceptors (Lipinski definition) is 4. The van der Waals surface area contributed by atoms with Gasteiger partial charge in [0.05, 0.1) is 7.11 Å². The van der Waals surface area contributed by atoms with Gasteiger partial charge < -0.3 is 10.1 Å². The van der Waals surface area contributed by atoms with E-state index in [1.54, 1.807) is 14.0 Å². The molecule has 1 heterocycles. The minimum absolute atomic E-state index is 0.104. The smallest absolute Gasteiger partial charge is 0.159 e. The van der Waals surface area contributed by atoms with E-state index in [0.717, 1.165) is 41.6 Å². The van der Waals surface area contributed by atoms with Gasteiger partial charge in [-0.15, -0.1) is 0 Å². The first kappa shape index (κ1) is 13.4. The number of nitrogens with one attached hydrogen (secondary N) is 1. The maximum Gasteiger partial charge on any atom is 0.159 e. The van der Waals surface area contributed by atoms with Crippen LogP contribution in [0.4, 0.5) is 0 Å². The number of rotatable bonds is 6. The van der Waals surface area contributed by atoms with E-state index < -0.39 is 0 Å². The molecule has 98 valence electrons. The molecule has 0 amide bonds. The molecule has 0 unspecified atom stereocenters. The Labute approximate surface area is 112 Å². The van der Waals surface area contributed by atoms with Crippen LogP contribution in [0.3, 0.4) is 0 Å². The maximum absolute atomic E-state index is 11.4. The summed E-state index contributed by atoms with van der Waals surface area (Å²) in [6.07, 6.45) is 0. The number of benzene rings is 1. The molecule has 0 spiro atoms. The molecule has 1 aromatic carbocycles. The molecule has 0 aliphatic carbocycles. The molecule has 1 aromatic rings. The summed E-state index contributed by atoms with van der Waals surface area (Å²) < 4.78 is 5.34. The Morgan fingerprint density at radius 3 is 2.83 bits per heavy atom. The lowest BCUT2D eigenvalue weighted by Crippen LogP contribution is -2.43. The zero-order valence-electron chi connectivity index (χ0n) is 10.9. The molecule has 0 aromatic heterocycles. The number of ether oxygens (including phenoxy) is 1. The van der Waals surface area contributed by atoms with Crippen LogP contribution in [0.25, 0.3) is 0 Å². The van der Waals surface area contributed by atoms with Crippen molar-refractivity contribution in [3.05, 3.63) is 29.3 Å². The summed E-state index contributed by atoms with van der Waals surface area (Å²) in [5, 5.41) is 3.27. The zero-order valence-corrected chi connectivity index (χ0v) is 11.7. The fourth-order valence-corrected chi connectivity index (χ4v) is 3.04. The summed E-state index contributed by atoms with van der Waals surface area (Å²) in [5.74, 6) is 3.85. The monoisotopic (exact) mass is 265 g/mol. The third kappa shape index (κ3) is 3.27. The van der Waals surface area contributed by atoms with Crippen molar-refractivity contribution in [3.8, 4) is 5.75 Å². The number of methoxy groups -OCH3 is 1. The van der Waals surface area contributed by atoms with E-state index in [4.69, 9.17) is 4.74 Å². The van der Waals surface area contributed by atoms with Crippen molar-refractivity contribution in [2.45, 2.75) is 12.7 Å². The molecule has 1 N–H and O–H groups in total. The van der Waals surface area contributed by atoms with Gasteiger partial charge in [0.15, 0.2) is 5.78 Å². The van der Waals surface area contributed by atoms with Crippen LogP contribution in [0.15, 0.2) is 18.2 Å². The summed E-state index contributed by atoms with van der Waals surface area (Å²) in [7, 11) is 1.67. The highest BCUT2D eigenvalue weighted by Gasteiger charge is 2.16.